The van der Waals surface area contributed by atoms with Crippen LogP contribution < -0.4 is 0 Å². The maximum atomic E-state index is 10.3. The van der Waals surface area contributed by atoms with Crippen LogP contribution in [0.15, 0.2) is 35.9 Å². The summed E-state index contributed by atoms with van der Waals surface area (Å²) in [5.41, 5.74) is 4.34. The van der Waals surface area contributed by atoms with Gasteiger partial charge in [0.25, 0.3) is 0 Å². The van der Waals surface area contributed by atoms with Gasteiger partial charge in [-0.3, -0.25) is 0 Å². The van der Waals surface area contributed by atoms with Crippen molar-refractivity contribution in [3.05, 3.63) is 52.1 Å². The zero-order valence-electron chi connectivity index (χ0n) is 11.8. The number of hydrogen-bond acceptors (Lipinski definition) is 1. The minimum atomic E-state index is 0.138. The van der Waals surface area contributed by atoms with Crippen molar-refractivity contribution >= 4 is 11.6 Å². The molecule has 0 radical (unpaired) electrons. The Morgan fingerprint density at radius 2 is 2.05 bits per heavy atom. The fourth-order valence-corrected chi connectivity index (χ4v) is 3.37. The number of rotatable bonds is 2. The summed E-state index contributed by atoms with van der Waals surface area (Å²) in [4.78, 5) is 0. The van der Waals surface area contributed by atoms with Crippen LogP contribution in [0.2, 0.25) is 5.02 Å². The Hall–Kier alpha value is -1.21. The maximum absolute atomic E-state index is 10.3. The van der Waals surface area contributed by atoms with Crippen molar-refractivity contribution < 1.29 is 5.11 Å². The molecule has 1 aliphatic carbocycles. The van der Waals surface area contributed by atoms with Crippen LogP contribution in [0.5, 0.6) is 5.75 Å². The number of aromatic hydroxyl groups is 1. The lowest BCUT2D eigenvalue weighted by Crippen LogP contribution is -2.17. The first-order chi connectivity index (χ1) is 8.90. The lowest BCUT2D eigenvalue weighted by atomic mass is 9.74. The van der Waals surface area contributed by atoms with Gasteiger partial charge in [0.05, 0.1) is 0 Å². The second kappa shape index (κ2) is 5.42. The predicted octanol–water partition coefficient (Wildman–Crippen LogP) is 5.37. The Balaban J connectivity index is 2.54. The molecule has 0 bridgehead atoms. The van der Waals surface area contributed by atoms with Gasteiger partial charge in [0.2, 0.25) is 0 Å². The van der Waals surface area contributed by atoms with Crippen molar-refractivity contribution in [2.24, 2.45) is 5.92 Å². The van der Waals surface area contributed by atoms with Crippen LogP contribution in [0, 0.1) is 12.8 Å². The molecule has 0 heterocycles. The fourth-order valence-electron chi connectivity index (χ4n) is 2.97. The Morgan fingerprint density at radius 3 is 2.63 bits per heavy atom. The standard InChI is InChI=1S/C17H21ClO/c1-10(2)13-6-5-11(3)7-14(13)17-15(18)8-12(4)9-16(17)19/h7-9,13-14,19H,1,5-6H2,2-4H3. The Labute approximate surface area is 120 Å². The molecule has 2 atom stereocenters. The van der Waals surface area contributed by atoms with Crippen LogP contribution in [-0.4, -0.2) is 5.11 Å². The molecule has 2 heteroatoms. The Kier molecular flexibility index (Phi) is 4.05. The van der Waals surface area contributed by atoms with Crippen molar-refractivity contribution in [1.82, 2.24) is 0 Å². The number of halogens is 1. The van der Waals surface area contributed by atoms with Crippen LogP contribution in [0.3, 0.4) is 0 Å². The third-order valence-electron chi connectivity index (χ3n) is 3.97. The van der Waals surface area contributed by atoms with Crippen LogP contribution >= 0.6 is 11.6 Å². The van der Waals surface area contributed by atoms with E-state index in [-0.39, 0.29) is 5.92 Å². The van der Waals surface area contributed by atoms with Crippen LogP contribution in [-0.2, 0) is 0 Å². The molecule has 1 nitrogen and oxygen atoms in total. The molecule has 0 saturated carbocycles. The maximum Gasteiger partial charge on any atom is 0.121 e. The van der Waals surface area contributed by atoms with E-state index in [2.05, 4.69) is 26.5 Å². The first-order valence-electron chi connectivity index (χ1n) is 6.72. The van der Waals surface area contributed by atoms with E-state index in [0.29, 0.717) is 16.7 Å². The van der Waals surface area contributed by atoms with Gasteiger partial charge in [0.15, 0.2) is 0 Å². The second-order valence-electron chi connectivity index (χ2n) is 5.71. The SMILES string of the molecule is C=C(C)C1CCC(C)=CC1c1c(O)cc(C)cc1Cl. The average Bonchev–Trinajstić information content (AvgIpc) is 2.27. The highest BCUT2D eigenvalue weighted by atomic mass is 35.5. The lowest BCUT2D eigenvalue weighted by Gasteiger charge is -2.31. The molecule has 1 aliphatic rings. The molecule has 2 unspecified atom stereocenters. The molecular weight excluding hydrogens is 256 g/mol. The summed E-state index contributed by atoms with van der Waals surface area (Å²) in [5, 5.41) is 10.9. The number of phenolic OH excluding ortho intramolecular Hbond substituents is 1. The topological polar surface area (TPSA) is 20.2 Å². The van der Waals surface area contributed by atoms with E-state index < -0.39 is 0 Å². The van der Waals surface area contributed by atoms with Gasteiger partial charge in [-0.1, -0.05) is 35.4 Å². The normalized spacial score (nSPS) is 23.1. The smallest absolute Gasteiger partial charge is 0.121 e. The number of phenols is 1. The Morgan fingerprint density at radius 1 is 1.37 bits per heavy atom. The minimum absolute atomic E-state index is 0.138. The molecule has 0 aliphatic heterocycles. The van der Waals surface area contributed by atoms with Gasteiger partial charge in [-0.2, -0.15) is 0 Å². The molecule has 1 N–H and O–H groups in total. The highest BCUT2D eigenvalue weighted by Crippen LogP contribution is 2.45. The summed E-state index contributed by atoms with van der Waals surface area (Å²) in [6, 6.07) is 3.71. The highest BCUT2D eigenvalue weighted by molar-refractivity contribution is 6.31. The van der Waals surface area contributed by atoms with Gasteiger partial charge < -0.3 is 5.11 Å². The van der Waals surface area contributed by atoms with E-state index in [9.17, 15) is 5.11 Å². The molecule has 0 fully saturated rings. The fraction of sp³-hybridized carbons (Fsp3) is 0.412. The quantitative estimate of drug-likeness (QED) is 0.720. The van der Waals surface area contributed by atoms with E-state index in [1.54, 1.807) is 6.07 Å². The predicted molar refractivity (Wildman–Crippen MR) is 81.9 cm³/mol. The third kappa shape index (κ3) is 2.87. The van der Waals surface area contributed by atoms with E-state index in [4.69, 9.17) is 11.6 Å². The summed E-state index contributed by atoms with van der Waals surface area (Å²) < 4.78 is 0. The molecule has 1 aromatic rings. The zero-order valence-corrected chi connectivity index (χ0v) is 12.6. The molecule has 0 saturated heterocycles. The van der Waals surface area contributed by atoms with Crippen LogP contribution in [0.4, 0.5) is 0 Å². The summed E-state index contributed by atoms with van der Waals surface area (Å²) in [6.07, 6.45) is 4.41. The third-order valence-corrected chi connectivity index (χ3v) is 4.28. The number of allylic oxidation sites excluding steroid dienone is 3. The number of benzene rings is 1. The molecule has 19 heavy (non-hydrogen) atoms. The van der Waals surface area contributed by atoms with Crippen molar-refractivity contribution in [3.63, 3.8) is 0 Å². The van der Waals surface area contributed by atoms with Gasteiger partial charge in [-0.15, -0.1) is 0 Å². The van der Waals surface area contributed by atoms with Crippen LogP contribution in [0.25, 0.3) is 0 Å². The second-order valence-corrected chi connectivity index (χ2v) is 6.12. The lowest BCUT2D eigenvalue weighted by molar-refractivity contribution is 0.436. The number of aryl methyl sites for hydroxylation is 1. The highest BCUT2D eigenvalue weighted by Gasteiger charge is 2.29. The summed E-state index contributed by atoms with van der Waals surface area (Å²) in [5.74, 6) is 0.793. The molecule has 1 aromatic carbocycles. The van der Waals surface area contributed by atoms with Gasteiger partial charge in [0, 0.05) is 16.5 Å². The summed E-state index contributed by atoms with van der Waals surface area (Å²) in [6.45, 7) is 10.2. The molecular formula is C17H21ClO. The van der Waals surface area contributed by atoms with Gasteiger partial charge >= 0.3 is 0 Å². The number of hydrogen-bond donors (Lipinski definition) is 1. The van der Waals surface area contributed by atoms with Gasteiger partial charge in [0.1, 0.15) is 5.75 Å². The molecule has 102 valence electrons. The van der Waals surface area contributed by atoms with Gasteiger partial charge in [-0.25, -0.2) is 0 Å². The molecule has 2 rings (SSSR count). The summed E-state index contributed by atoms with van der Waals surface area (Å²) in [7, 11) is 0. The van der Waals surface area contributed by atoms with Gasteiger partial charge in [-0.05, 0) is 57.2 Å². The van der Waals surface area contributed by atoms with E-state index in [1.165, 1.54) is 5.57 Å². The largest absolute Gasteiger partial charge is 0.508 e. The first-order valence-corrected chi connectivity index (χ1v) is 7.09. The summed E-state index contributed by atoms with van der Waals surface area (Å²) >= 11 is 6.37. The van der Waals surface area contributed by atoms with E-state index in [0.717, 1.165) is 29.5 Å². The molecule has 0 aromatic heterocycles. The monoisotopic (exact) mass is 276 g/mol. The van der Waals surface area contributed by atoms with Crippen LogP contribution in [0.1, 0.15) is 43.7 Å². The van der Waals surface area contributed by atoms with Crippen molar-refractivity contribution in [2.45, 2.75) is 39.5 Å². The molecule has 0 spiro atoms. The minimum Gasteiger partial charge on any atom is -0.508 e. The van der Waals surface area contributed by atoms with Crippen molar-refractivity contribution in [3.8, 4) is 5.75 Å². The first kappa shape index (κ1) is 14.2. The van der Waals surface area contributed by atoms with Crippen molar-refractivity contribution in [2.75, 3.05) is 0 Å². The molecule has 0 amide bonds. The van der Waals surface area contributed by atoms with E-state index in [1.807, 2.05) is 13.0 Å². The zero-order chi connectivity index (χ0) is 14.2. The van der Waals surface area contributed by atoms with Crippen molar-refractivity contribution in [1.29, 1.82) is 0 Å². The average molecular weight is 277 g/mol. The Bertz CT molecular complexity index is 519. The van der Waals surface area contributed by atoms with E-state index >= 15 is 0 Å².